The zero-order chi connectivity index (χ0) is 7.83. The molecule has 0 saturated heterocycles. The van der Waals surface area contributed by atoms with E-state index in [1.165, 1.54) is 0 Å². The van der Waals surface area contributed by atoms with Gasteiger partial charge in [0, 0.05) is 11.1 Å². The summed E-state index contributed by atoms with van der Waals surface area (Å²) in [5.74, 6) is 0. The van der Waals surface area contributed by atoms with E-state index < -0.39 is 0 Å². The number of hydrogen-bond donors (Lipinski definition) is 1. The first-order valence-electron chi connectivity index (χ1n) is 3.88. The molecule has 0 aromatic carbocycles. The van der Waals surface area contributed by atoms with Gasteiger partial charge in [0.05, 0.1) is 0 Å². The first-order chi connectivity index (χ1) is 4.41. The van der Waals surface area contributed by atoms with Crippen LogP contribution in [0.25, 0.3) is 0 Å². The summed E-state index contributed by atoms with van der Waals surface area (Å²) in [6, 6.07) is 0. The standard InChI is InChI=1S/C9H17N.Li.H/c1-8(2)6-5-7-9(3,4)10-8;;/h5-6,10H,7H2,1-4H3;;/q;+1;-1. The van der Waals surface area contributed by atoms with Gasteiger partial charge >= 0.3 is 18.9 Å². The van der Waals surface area contributed by atoms with Crippen molar-refractivity contribution in [2.45, 2.75) is 45.2 Å². The zero-order valence-electron chi connectivity index (χ0n) is 9.36. The summed E-state index contributed by atoms with van der Waals surface area (Å²) in [5.41, 5.74) is 0.458. The second kappa shape index (κ2) is 3.35. The average molecular weight is 147 g/mol. The van der Waals surface area contributed by atoms with Gasteiger partial charge in [-0.25, -0.2) is 0 Å². The molecular weight excluding hydrogens is 129 g/mol. The number of hydrogen-bond acceptors (Lipinski definition) is 1. The predicted molar refractivity (Wildman–Crippen MR) is 46.2 cm³/mol. The maximum absolute atomic E-state index is 3.55. The monoisotopic (exact) mass is 147 g/mol. The Balaban J connectivity index is 0. The second-order valence-electron chi connectivity index (χ2n) is 4.34. The van der Waals surface area contributed by atoms with Gasteiger partial charge in [-0.15, -0.1) is 0 Å². The van der Waals surface area contributed by atoms with E-state index in [9.17, 15) is 0 Å². The van der Waals surface area contributed by atoms with Gasteiger partial charge in [0.15, 0.2) is 0 Å². The Labute approximate surface area is 83.3 Å². The van der Waals surface area contributed by atoms with Gasteiger partial charge in [0.25, 0.3) is 0 Å². The molecule has 1 rings (SSSR count). The van der Waals surface area contributed by atoms with Gasteiger partial charge in [0.2, 0.25) is 0 Å². The summed E-state index contributed by atoms with van der Waals surface area (Å²) in [6.07, 6.45) is 5.63. The summed E-state index contributed by atoms with van der Waals surface area (Å²) >= 11 is 0. The molecule has 0 radical (unpaired) electrons. The second-order valence-corrected chi connectivity index (χ2v) is 4.34. The third-order valence-corrected chi connectivity index (χ3v) is 1.82. The van der Waals surface area contributed by atoms with E-state index >= 15 is 0 Å². The van der Waals surface area contributed by atoms with E-state index in [-0.39, 0.29) is 31.4 Å². The molecule has 1 heterocycles. The molecule has 2 heteroatoms. The zero-order valence-corrected chi connectivity index (χ0v) is 8.36. The van der Waals surface area contributed by atoms with Crippen LogP contribution in [0.15, 0.2) is 12.2 Å². The Morgan fingerprint density at radius 3 is 2.09 bits per heavy atom. The Morgan fingerprint density at radius 1 is 1.27 bits per heavy atom. The Hall–Kier alpha value is 0.297. The largest absolute Gasteiger partial charge is 1.00 e. The summed E-state index contributed by atoms with van der Waals surface area (Å²) in [5, 5.41) is 3.55. The third kappa shape index (κ3) is 3.47. The molecule has 0 fully saturated rings. The molecule has 1 aliphatic heterocycles. The van der Waals surface area contributed by atoms with Crippen molar-refractivity contribution >= 4 is 0 Å². The van der Waals surface area contributed by atoms with Crippen molar-refractivity contribution < 1.29 is 20.3 Å². The minimum atomic E-state index is 0. The normalized spacial score (nSPS) is 25.8. The van der Waals surface area contributed by atoms with Crippen molar-refractivity contribution in [1.29, 1.82) is 0 Å². The van der Waals surface area contributed by atoms with Gasteiger partial charge in [-0.2, -0.15) is 0 Å². The topological polar surface area (TPSA) is 12.0 Å². The Morgan fingerprint density at radius 2 is 1.82 bits per heavy atom. The van der Waals surface area contributed by atoms with Gasteiger partial charge in [-0.3, -0.25) is 0 Å². The van der Waals surface area contributed by atoms with Crippen LogP contribution in [0.4, 0.5) is 0 Å². The van der Waals surface area contributed by atoms with Crippen LogP contribution in [0, 0.1) is 0 Å². The minimum absolute atomic E-state index is 0. The molecule has 60 valence electrons. The van der Waals surface area contributed by atoms with Crippen LogP contribution in [0.3, 0.4) is 0 Å². The summed E-state index contributed by atoms with van der Waals surface area (Å²) in [4.78, 5) is 0. The first-order valence-corrected chi connectivity index (χ1v) is 3.88. The van der Waals surface area contributed by atoms with Crippen molar-refractivity contribution in [3.05, 3.63) is 12.2 Å². The van der Waals surface area contributed by atoms with E-state index in [1.54, 1.807) is 0 Å². The molecule has 0 unspecified atom stereocenters. The fraction of sp³-hybridized carbons (Fsp3) is 0.778. The van der Waals surface area contributed by atoms with Gasteiger partial charge in [-0.05, 0) is 34.1 Å². The van der Waals surface area contributed by atoms with Crippen molar-refractivity contribution in [2.75, 3.05) is 0 Å². The van der Waals surface area contributed by atoms with Crippen molar-refractivity contribution in [3.8, 4) is 0 Å². The number of nitrogens with one attached hydrogen (secondary N) is 1. The van der Waals surface area contributed by atoms with Crippen LogP contribution in [0.5, 0.6) is 0 Å². The van der Waals surface area contributed by atoms with Crippen LogP contribution in [-0.4, -0.2) is 11.1 Å². The van der Waals surface area contributed by atoms with Gasteiger partial charge < -0.3 is 6.74 Å². The molecule has 0 spiro atoms. The number of rotatable bonds is 0. The van der Waals surface area contributed by atoms with E-state index in [2.05, 4.69) is 45.2 Å². The van der Waals surface area contributed by atoms with Crippen LogP contribution in [0.2, 0.25) is 0 Å². The molecule has 1 aliphatic rings. The fourth-order valence-electron chi connectivity index (χ4n) is 1.61. The molecule has 1 N–H and O–H groups in total. The molecular formula is C9H18LiN. The molecule has 11 heavy (non-hydrogen) atoms. The van der Waals surface area contributed by atoms with Crippen LogP contribution < -0.4 is 24.2 Å². The Bertz CT molecular complexity index is 164. The Kier molecular flexibility index (Phi) is 3.44. The summed E-state index contributed by atoms with van der Waals surface area (Å²) in [6.45, 7) is 8.87. The predicted octanol–water partition coefficient (Wildman–Crippen LogP) is -0.790. The SMILES string of the molecule is CC1(C)C=CCC(C)(C)N1.[H-].[Li+]. The molecule has 0 bridgehead atoms. The van der Waals surface area contributed by atoms with E-state index in [1.807, 2.05) is 0 Å². The fourth-order valence-corrected chi connectivity index (χ4v) is 1.61. The molecule has 0 atom stereocenters. The third-order valence-electron chi connectivity index (χ3n) is 1.82. The van der Waals surface area contributed by atoms with Crippen molar-refractivity contribution in [3.63, 3.8) is 0 Å². The smallest absolute Gasteiger partial charge is 1.00 e. The molecule has 0 aliphatic carbocycles. The van der Waals surface area contributed by atoms with E-state index in [0.29, 0.717) is 0 Å². The minimum Gasteiger partial charge on any atom is -1.00 e. The van der Waals surface area contributed by atoms with Crippen molar-refractivity contribution in [2.24, 2.45) is 0 Å². The quantitative estimate of drug-likeness (QED) is 0.350. The first kappa shape index (κ1) is 11.3. The van der Waals surface area contributed by atoms with E-state index in [0.717, 1.165) is 6.42 Å². The van der Waals surface area contributed by atoms with E-state index in [4.69, 9.17) is 0 Å². The molecule has 0 aromatic rings. The molecule has 1 nitrogen and oxygen atoms in total. The van der Waals surface area contributed by atoms with Crippen molar-refractivity contribution in [1.82, 2.24) is 5.32 Å². The molecule has 0 aromatic heterocycles. The average Bonchev–Trinajstić information content (AvgIpc) is 1.56. The van der Waals surface area contributed by atoms with Gasteiger partial charge in [0.1, 0.15) is 0 Å². The van der Waals surface area contributed by atoms with Crippen LogP contribution in [-0.2, 0) is 0 Å². The maximum atomic E-state index is 3.55. The maximum Gasteiger partial charge on any atom is 1.00 e. The molecule has 0 saturated carbocycles. The summed E-state index contributed by atoms with van der Waals surface area (Å²) in [7, 11) is 0. The van der Waals surface area contributed by atoms with Crippen LogP contribution in [0.1, 0.15) is 35.5 Å². The summed E-state index contributed by atoms with van der Waals surface area (Å²) < 4.78 is 0. The van der Waals surface area contributed by atoms with Gasteiger partial charge in [-0.1, -0.05) is 12.2 Å². The van der Waals surface area contributed by atoms with Crippen LogP contribution >= 0.6 is 0 Å². The molecule has 0 amide bonds.